The molecule has 1 aliphatic carbocycles. The van der Waals surface area contributed by atoms with Crippen molar-refractivity contribution in [3.05, 3.63) is 77.1 Å². The van der Waals surface area contributed by atoms with E-state index in [0.29, 0.717) is 22.4 Å². The maximum atomic E-state index is 12.7. The second kappa shape index (κ2) is 6.06. The van der Waals surface area contributed by atoms with Crippen LogP contribution in [0.2, 0.25) is 0 Å². The Morgan fingerprint density at radius 3 is 2.44 bits per heavy atom. The lowest BCUT2D eigenvalue weighted by Crippen LogP contribution is -2.16. The standard InChI is InChI=1S/C20H13N3O4/c21-14-9-22-16(20(26)27)8-13(14)19(25)23-15-7-3-6-12-17(15)10-4-1-2-5-11(10)18(12)24/h1-9H,21H2,(H,23,25)(H,26,27). The van der Waals surface area contributed by atoms with Crippen LogP contribution in [0, 0.1) is 0 Å². The summed E-state index contributed by atoms with van der Waals surface area (Å²) in [5.74, 6) is -1.94. The molecule has 4 N–H and O–H groups in total. The molecule has 7 nitrogen and oxygen atoms in total. The van der Waals surface area contributed by atoms with Crippen molar-refractivity contribution in [2.75, 3.05) is 11.1 Å². The van der Waals surface area contributed by atoms with Gasteiger partial charge in [-0.2, -0.15) is 0 Å². The lowest BCUT2D eigenvalue weighted by molar-refractivity contribution is 0.0690. The summed E-state index contributed by atoms with van der Waals surface area (Å²) in [6, 6.07) is 13.3. The molecule has 0 radical (unpaired) electrons. The first-order chi connectivity index (χ1) is 13.0. The van der Waals surface area contributed by atoms with E-state index in [0.717, 1.165) is 17.8 Å². The number of aromatic carboxylic acids is 1. The van der Waals surface area contributed by atoms with Crippen LogP contribution in [0.25, 0.3) is 11.1 Å². The van der Waals surface area contributed by atoms with E-state index in [9.17, 15) is 14.4 Å². The first kappa shape index (κ1) is 16.5. The first-order valence-electron chi connectivity index (χ1n) is 8.04. The van der Waals surface area contributed by atoms with Crippen molar-refractivity contribution in [2.24, 2.45) is 0 Å². The molecule has 0 spiro atoms. The summed E-state index contributed by atoms with van der Waals surface area (Å²) < 4.78 is 0. The van der Waals surface area contributed by atoms with Crippen LogP contribution in [0.4, 0.5) is 11.4 Å². The lowest BCUT2D eigenvalue weighted by atomic mass is 10.0. The van der Waals surface area contributed by atoms with E-state index in [1.165, 1.54) is 0 Å². The highest BCUT2D eigenvalue weighted by Crippen LogP contribution is 2.41. The second-order valence-electron chi connectivity index (χ2n) is 6.02. The Morgan fingerprint density at radius 1 is 1.00 bits per heavy atom. The summed E-state index contributed by atoms with van der Waals surface area (Å²) in [6.07, 6.45) is 1.13. The number of rotatable bonds is 3. The van der Waals surface area contributed by atoms with Crippen molar-refractivity contribution in [2.45, 2.75) is 0 Å². The van der Waals surface area contributed by atoms with Gasteiger partial charge in [-0.1, -0.05) is 36.4 Å². The quantitative estimate of drug-likeness (QED) is 0.517. The molecule has 0 aliphatic heterocycles. The van der Waals surface area contributed by atoms with E-state index >= 15 is 0 Å². The molecule has 0 bridgehead atoms. The van der Waals surface area contributed by atoms with E-state index in [-0.39, 0.29) is 22.7 Å². The van der Waals surface area contributed by atoms with Crippen molar-refractivity contribution in [1.82, 2.24) is 4.98 Å². The number of nitrogens with two attached hydrogens (primary N) is 1. The summed E-state index contributed by atoms with van der Waals surface area (Å²) in [7, 11) is 0. The average molecular weight is 359 g/mol. The number of aromatic nitrogens is 1. The SMILES string of the molecule is Nc1cnc(C(=O)O)cc1C(=O)Nc1cccc2c1-c1ccccc1C2=O. The Labute approximate surface area is 153 Å². The number of pyridine rings is 1. The highest BCUT2D eigenvalue weighted by Gasteiger charge is 2.29. The maximum absolute atomic E-state index is 12.7. The van der Waals surface area contributed by atoms with Crippen LogP contribution < -0.4 is 11.1 Å². The van der Waals surface area contributed by atoms with Gasteiger partial charge in [0.25, 0.3) is 5.91 Å². The molecule has 4 rings (SSSR count). The maximum Gasteiger partial charge on any atom is 0.354 e. The van der Waals surface area contributed by atoms with Gasteiger partial charge in [0, 0.05) is 22.4 Å². The molecular formula is C20H13N3O4. The fourth-order valence-electron chi connectivity index (χ4n) is 3.15. The third kappa shape index (κ3) is 2.62. The number of hydrogen-bond donors (Lipinski definition) is 3. The van der Waals surface area contributed by atoms with Gasteiger partial charge in [-0.05, 0) is 17.7 Å². The molecule has 2 aromatic carbocycles. The number of benzene rings is 2. The Hall–Kier alpha value is -4.00. The molecule has 1 amide bonds. The predicted molar refractivity (Wildman–Crippen MR) is 98.9 cm³/mol. The molecular weight excluding hydrogens is 346 g/mol. The van der Waals surface area contributed by atoms with Crippen LogP contribution in [-0.4, -0.2) is 27.8 Å². The minimum absolute atomic E-state index is 0.00221. The molecule has 1 aromatic heterocycles. The van der Waals surface area contributed by atoms with Crippen LogP contribution >= 0.6 is 0 Å². The van der Waals surface area contributed by atoms with Gasteiger partial charge < -0.3 is 16.2 Å². The smallest absolute Gasteiger partial charge is 0.354 e. The highest BCUT2D eigenvalue weighted by molar-refractivity contribution is 6.24. The summed E-state index contributed by atoms with van der Waals surface area (Å²) in [4.78, 5) is 40.0. The Kier molecular flexibility index (Phi) is 3.70. The zero-order chi connectivity index (χ0) is 19.1. The number of carbonyl (C=O) groups is 3. The molecule has 3 aromatic rings. The number of nitrogen functional groups attached to an aromatic ring is 1. The predicted octanol–water partition coefficient (Wildman–Crippen LogP) is 2.83. The Bertz CT molecular complexity index is 1140. The van der Waals surface area contributed by atoms with Gasteiger partial charge >= 0.3 is 5.97 Å². The Balaban J connectivity index is 1.77. The van der Waals surface area contributed by atoms with E-state index in [4.69, 9.17) is 10.8 Å². The van der Waals surface area contributed by atoms with E-state index in [2.05, 4.69) is 10.3 Å². The normalized spacial score (nSPS) is 11.6. The van der Waals surface area contributed by atoms with E-state index < -0.39 is 11.9 Å². The number of carbonyl (C=O) groups excluding carboxylic acids is 2. The van der Waals surface area contributed by atoms with Crippen LogP contribution in [0.3, 0.4) is 0 Å². The first-order valence-corrected chi connectivity index (χ1v) is 8.04. The minimum Gasteiger partial charge on any atom is -0.477 e. The number of anilines is 2. The third-order valence-electron chi connectivity index (χ3n) is 4.40. The summed E-state index contributed by atoms with van der Waals surface area (Å²) in [6.45, 7) is 0. The van der Waals surface area contributed by atoms with Gasteiger partial charge in [0.2, 0.25) is 0 Å². The molecule has 27 heavy (non-hydrogen) atoms. The monoisotopic (exact) mass is 359 g/mol. The zero-order valence-electron chi connectivity index (χ0n) is 13.9. The largest absolute Gasteiger partial charge is 0.477 e. The van der Waals surface area contributed by atoms with E-state index in [1.54, 1.807) is 30.3 Å². The molecule has 1 aliphatic rings. The van der Waals surface area contributed by atoms with Crippen molar-refractivity contribution >= 4 is 29.0 Å². The summed E-state index contributed by atoms with van der Waals surface area (Å²) in [5.41, 5.74) is 8.46. The Morgan fingerprint density at radius 2 is 1.70 bits per heavy atom. The summed E-state index contributed by atoms with van der Waals surface area (Å²) in [5, 5.41) is 11.8. The lowest BCUT2D eigenvalue weighted by Gasteiger charge is -2.12. The van der Waals surface area contributed by atoms with Gasteiger partial charge in [-0.3, -0.25) is 9.59 Å². The molecule has 0 saturated heterocycles. The summed E-state index contributed by atoms with van der Waals surface area (Å²) >= 11 is 0. The van der Waals surface area contributed by atoms with Crippen LogP contribution in [0.15, 0.2) is 54.7 Å². The molecule has 0 atom stereocenters. The number of carboxylic acids is 1. The van der Waals surface area contributed by atoms with Gasteiger partial charge in [-0.15, -0.1) is 0 Å². The fourth-order valence-corrected chi connectivity index (χ4v) is 3.15. The fraction of sp³-hybridized carbons (Fsp3) is 0. The van der Waals surface area contributed by atoms with Crippen LogP contribution in [-0.2, 0) is 0 Å². The van der Waals surface area contributed by atoms with Gasteiger partial charge in [-0.25, -0.2) is 9.78 Å². The topological polar surface area (TPSA) is 122 Å². The number of amides is 1. The minimum atomic E-state index is -1.26. The van der Waals surface area contributed by atoms with Crippen molar-refractivity contribution < 1.29 is 19.5 Å². The number of nitrogens with one attached hydrogen (secondary N) is 1. The number of nitrogens with zero attached hydrogens (tertiary/aromatic N) is 1. The molecule has 0 fully saturated rings. The number of hydrogen-bond acceptors (Lipinski definition) is 5. The second-order valence-corrected chi connectivity index (χ2v) is 6.02. The molecule has 132 valence electrons. The van der Waals surface area contributed by atoms with Gasteiger partial charge in [0.05, 0.1) is 17.4 Å². The molecule has 7 heteroatoms. The highest BCUT2D eigenvalue weighted by atomic mass is 16.4. The van der Waals surface area contributed by atoms with Gasteiger partial charge in [0.15, 0.2) is 5.78 Å². The molecule has 0 unspecified atom stereocenters. The number of carboxylic acid groups (broad SMARTS) is 1. The zero-order valence-corrected chi connectivity index (χ0v) is 13.9. The van der Waals surface area contributed by atoms with Crippen LogP contribution in [0.1, 0.15) is 36.8 Å². The molecule has 0 saturated carbocycles. The van der Waals surface area contributed by atoms with Crippen molar-refractivity contribution in [3.8, 4) is 11.1 Å². The number of fused-ring (bicyclic) bond motifs is 3. The number of ketones is 1. The van der Waals surface area contributed by atoms with Crippen molar-refractivity contribution in [3.63, 3.8) is 0 Å². The third-order valence-corrected chi connectivity index (χ3v) is 4.40. The van der Waals surface area contributed by atoms with Crippen LogP contribution in [0.5, 0.6) is 0 Å². The average Bonchev–Trinajstić information content (AvgIpc) is 2.96. The van der Waals surface area contributed by atoms with Gasteiger partial charge in [0.1, 0.15) is 5.69 Å². The van der Waals surface area contributed by atoms with E-state index in [1.807, 2.05) is 12.1 Å². The molecule has 1 heterocycles. The van der Waals surface area contributed by atoms with Crippen molar-refractivity contribution in [1.29, 1.82) is 0 Å².